The van der Waals surface area contributed by atoms with Crippen LogP contribution in [0.5, 0.6) is 11.5 Å². The van der Waals surface area contributed by atoms with E-state index in [0.717, 1.165) is 0 Å². The summed E-state index contributed by atoms with van der Waals surface area (Å²) in [6.45, 7) is 0. The lowest BCUT2D eigenvalue weighted by Gasteiger charge is -2.10. The van der Waals surface area contributed by atoms with Gasteiger partial charge in [-0.3, -0.25) is 10.1 Å². The average molecular weight is 358 g/mol. The van der Waals surface area contributed by atoms with Crippen LogP contribution in [0.25, 0.3) is 0 Å². The molecule has 2 rings (SSSR count). The van der Waals surface area contributed by atoms with Crippen LogP contribution in [0.1, 0.15) is 0 Å². The molecule has 0 saturated carbocycles. The highest BCUT2D eigenvalue weighted by atomic mass is 35.5. The van der Waals surface area contributed by atoms with Crippen LogP contribution in [0.15, 0.2) is 36.4 Å². The summed E-state index contributed by atoms with van der Waals surface area (Å²) in [5, 5.41) is 14.3. The minimum absolute atomic E-state index is 0.0176. The Hall–Kier alpha value is -2.09. The van der Waals surface area contributed by atoms with Gasteiger partial charge < -0.3 is 15.8 Å². The minimum atomic E-state index is -0.554. The molecule has 6 nitrogen and oxygen atoms in total. The molecule has 0 aliphatic carbocycles. The Morgan fingerprint density at radius 3 is 2.59 bits per heavy atom. The van der Waals surface area contributed by atoms with E-state index in [0.29, 0.717) is 16.5 Å². The Morgan fingerprint density at radius 2 is 2.00 bits per heavy atom. The first kappa shape index (κ1) is 16.3. The summed E-state index contributed by atoms with van der Waals surface area (Å²) in [6, 6.07) is 8.71. The van der Waals surface area contributed by atoms with Crippen LogP contribution < -0.4 is 15.8 Å². The Bertz CT molecular complexity index is 755. The van der Waals surface area contributed by atoms with Crippen molar-refractivity contribution in [3.8, 4) is 11.5 Å². The molecule has 0 aromatic heterocycles. The van der Waals surface area contributed by atoms with Crippen molar-refractivity contribution in [2.75, 3.05) is 5.32 Å². The maximum atomic E-state index is 11.0. The van der Waals surface area contributed by atoms with E-state index < -0.39 is 4.92 Å². The van der Waals surface area contributed by atoms with Crippen molar-refractivity contribution in [2.24, 2.45) is 5.73 Å². The zero-order chi connectivity index (χ0) is 16.3. The SMILES string of the molecule is NC(=S)Nc1cc(Oc2ccc(Cl)cc2Cl)cc([N+](=O)[O-])c1. The van der Waals surface area contributed by atoms with E-state index in [1.807, 2.05) is 0 Å². The smallest absolute Gasteiger partial charge is 0.275 e. The van der Waals surface area contributed by atoms with Crippen LogP contribution in [0.2, 0.25) is 10.0 Å². The van der Waals surface area contributed by atoms with E-state index in [-0.39, 0.29) is 21.6 Å². The summed E-state index contributed by atoms with van der Waals surface area (Å²) in [7, 11) is 0. The molecule has 2 aromatic rings. The van der Waals surface area contributed by atoms with Gasteiger partial charge in [0.05, 0.1) is 21.7 Å². The largest absolute Gasteiger partial charge is 0.455 e. The first-order chi connectivity index (χ1) is 10.3. The van der Waals surface area contributed by atoms with Gasteiger partial charge in [-0.2, -0.15) is 0 Å². The number of ether oxygens (including phenoxy) is 1. The van der Waals surface area contributed by atoms with Crippen LogP contribution >= 0.6 is 35.4 Å². The third kappa shape index (κ3) is 4.20. The number of halogens is 2. The second-order valence-electron chi connectivity index (χ2n) is 4.14. The molecule has 0 spiro atoms. The quantitative estimate of drug-likeness (QED) is 0.480. The van der Waals surface area contributed by atoms with Crippen molar-refractivity contribution in [3.63, 3.8) is 0 Å². The van der Waals surface area contributed by atoms with Gasteiger partial charge in [-0.05, 0) is 30.4 Å². The molecule has 0 heterocycles. The van der Waals surface area contributed by atoms with E-state index in [2.05, 4.69) is 5.32 Å². The number of nitro groups is 1. The van der Waals surface area contributed by atoms with E-state index in [9.17, 15) is 10.1 Å². The first-order valence-corrected chi connectivity index (χ1v) is 7.00. The molecule has 0 bridgehead atoms. The van der Waals surface area contributed by atoms with Gasteiger partial charge >= 0.3 is 0 Å². The first-order valence-electron chi connectivity index (χ1n) is 5.84. The summed E-state index contributed by atoms with van der Waals surface area (Å²) in [6.07, 6.45) is 0. The number of rotatable bonds is 4. The molecule has 0 aliphatic heterocycles. The topological polar surface area (TPSA) is 90.4 Å². The lowest BCUT2D eigenvalue weighted by Crippen LogP contribution is -2.18. The normalized spacial score (nSPS) is 10.1. The molecular formula is C13H9Cl2N3O3S. The fourth-order valence-electron chi connectivity index (χ4n) is 1.65. The maximum Gasteiger partial charge on any atom is 0.275 e. The standard InChI is InChI=1S/C13H9Cl2N3O3S/c14-7-1-2-12(11(15)3-7)21-10-5-8(17-13(16)22)4-9(6-10)18(19)20/h1-6H,(H3,16,17,22). The summed E-state index contributed by atoms with van der Waals surface area (Å²) < 4.78 is 5.56. The molecule has 0 atom stereocenters. The molecule has 0 fully saturated rings. The number of benzene rings is 2. The second kappa shape index (κ2) is 6.78. The Labute approximate surface area is 140 Å². The Balaban J connectivity index is 2.38. The van der Waals surface area contributed by atoms with E-state index >= 15 is 0 Å². The summed E-state index contributed by atoms with van der Waals surface area (Å²) in [5.41, 5.74) is 5.52. The average Bonchev–Trinajstić information content (AvgIpc) is 2.41. The number of nitrogens with one attached hydrogen (secondary N) is 1. The third-order valence-corrected chi connectivity index (χ3v) is 3.12. The molecule has 2 aromatic carbocycles. The van der Waals surface area contributed by atoms with Gasteiger partial charge in [0.1, 0.15) is 11.5 Å². The van der Waals surface area contributed by atoms with E-state index in [1.165, 1.54) is 24.3 Å². The van der Waals surface area contributed by atoms with Crippen molar-refractivity contribution < 1.29 is 9.66 Å². The van der Waals surface area contributed by atoms with Crippen LogP contribution in [0, 0.1) is 10.1 Å². The van der Waals surface area contributed by atoms with E-state index in [1.54, 1.807) is 12.1 Å². The molecule has 22 heavy (non-hydrogen) atoms. The summed E-state index contributed by atoms with van der Waals surface area (Å²) in [5.74, 6) is 0.519. The minimum Gasteiger partial charge on any atom is -0.455 e. The number of hydrogen-bond acceptors (Lipinski definition) is 4. The maximum absolute atomic E-state index is 11.0. The zero-order valence-corrected chi connectivity index (χ0v) is 13.2. The molecule has 114 valence electrons. The molecule has 3 N–H and O–H groups in total. The van der Waals surface area contributed by atoms with Crippen molar-refractivity contribution in [1.82, 2.24) is 0 Å². The van der Waals surface area contributed by atoms with Crippen LogP contribution in [0.3, 0.4) is 0 Å². The van der Waals surface area contributed by atoms with Gasteiger partial charge in [-0.1, -0.05) is 23.2 Å². The Morgan fingerprint density at radius 1 is 1.27 bits per heavy atom. The van der Waals surface area contributed by atoms with Gasteiger partial charge in [0.25, 0.3) is 5.69 Å². The highest BCUT2D eigenvalue weighted by Gasteiger charge is 2.13. The van der Waals surface area contributed by atoms with Gasteiger partial charge in [0, 0.05) is 17.2 Å². The number of nitro benzene ring substituents is 1. The molecule has 0 aliphatic rings. The van der Waals surface area contributed by atoms with Crippen LogP contribution in [-0.4, -0.2) is 10.0 Å². The Kier molecular flexibility index (Phi) is 5.02. The number of hydrogen-bond donors (Lipinski definition) is 2. The van der Waals surface area contributed by atoms with Crippen LogP contribution in [0.4, 0.5) is 11.4 Å². The zero-order valence-electron chi connectivity index (χ0n) is 10.9. The number of anilines is 1. The third-order valence-electron chi connectivity index (χ3n) is 2.49. The fraction of sp³-hybridized carbons (Fsp3) is 0. The molecule has 0 saturated heterocycles. The van der Waals surface area contributed by atoms with Crippen molar-refractivity contribution in [3.05, 3.63) is 56.6 Å². The lowest BCUT2D eigenvalue weighted by molar-refractivity contribution is -0.384. The molecule has 9 heteroatoms. The highest BCUT2D eigenvalue weighted by molar-refractivity contribution is 7.80. The van der Waals surface area contributed by atoms with Gasteiger partial charge in [-0.25, -0.2) is 0 Å². The predicted molar refractivity (Wildman–Crippen MR) is 90.0 cm³/mol. The number of nitrogens with zero attached hydrogens (tertiary/aromatic N) is 1. The predicted octanol–water partition coefficient (Wildman–Crippen LogP) is 4.35. The molecule has 0 radical (unpaired) electrons. The summed E-state index contributed by atoms with van der Waals surface area (Å²) in [4.78, 5) is 10.4. The molecular weight excluding hydrogens is 349 g/mol. The number of non-ortho nitro benzene ring substituents is 1. The van der Waals surface area contributed by atoms with Crippen molar-refractivity contribution in [2.45, 2.75) is 0 Å². The number of thiocarbonyl (C=S) groups is 1. The second-order valence-corrected chi connectivity index (χ2v) is 5.42. The van der Waals surface area contributed by atoms with Crippen molar-refractivity contribution >= 4 is 51.9 Å². The van der Waals surface area contributed by atoms with E-state index in [4.69, 9.17) is 45.9 Å². The van der Waals surface area contributed by atoms with Gasteiger partial charge in [0.15, 0.2) is 5.11 Å². The number of nitrogens with two attached hydrogens (primary N) is 1. The fourth-order valence-corrected chi connectivity index (χ4v) is 2.21. The summed E-state index contributed by atoms with van der Waals surface area (Å²) >= 11 is 16.5. The van der Waals surface area contributed by atoms with Gasteiger partial charge in [-0.15, -0.1) is 0 Å². The van der Waals surface area contributed by atoms with Crippen molar-refractivity contribution in [1.29, 1.82) is 0 Å². The molecule has 0 amide bonds. The highest BCUT2D eigenvalue weighted by Crippen LogP contribution is 2.34. The molecule has 0 unspecified atom stereocenters. The van der Waals surface area contributed by atoms with Crippen LogP contribution in [-0.2, 0) is 0 Å². The van der Waals surface area contributed by atoms with Gasteiger partial charge in [0.2, 0.25) is 0 Å². The monoisotopic (exact) mass is 357 g/mol. The lowest BCUT2D eigenvalue weighted by atomic mass is 10.2.